The molecule has 1 aliphatic rings. The zero-order valence-electron chi connectivity index (χ0n) is 13.5. The highest BCUT2D eigenvalue weighted by Gasteiger charge is 2.68. The van der Waals surface area contributed by atoms with Gasteiger partial charge in [-0.25, -0.2) is 0 Å². The molecule has 1 unspecified atom stereocenters. The van der Waals surface area contributed by atoms with Crippen LogP contribution in [0, 0.1) is 0 Å². The summed E-state index contributed by atoms with van der Waals surface area (Å²) >= 11 is 0. The van der Waals surface area contributed by atoms with Gasteiger partial charge >= 0.3 is 12.1 Å². The van der Waals surface area contributed by atoms with Crippen molar-refractivity contribution in [3.05, 3.63) is 35.4 Å². The number of methoxy groups -OCH3 is 1. The number of nitrogens with zero attached hydrogens (tertiary/aromatic N) is 1. The van der Waals surface area contributed by atoms with Gasteiger partial charge in [0.05, 0.1) is 19.3 Å². The molecule has 0 bridgehead atoms. The van der Waals surface area contributed by atoms with Crippen LogP contribution in [-0.2, 0) is 20.0 Å². The Hall–Kier alpha value is -2.13. The predicted octanol–water partition coefficient (Wildman–Crippen LogP) is 3.00. The topological polar surface area (TPSA) is 76.1 Å². The number of halogens is 3. The highest BCUT2D eigenvalue weighted by molar-refractivity contribution is 5.99. The molecule has 0 spiro atoms. The molecule has 0 saturated carbocycles. The normalized spacial score (nSPS) is 19.9. The van der Waals surface area contributed by atoms with E-state index in [2.05, 4.69) is 4.74 Å². The molecule has 1 aromatic carbocycles. The summed E-state index contributed by atoms with van der Waals surface area (Å²) in [6, 6.07) is 5.05. The highest BCUT2D eigenvalue weighted by atomic mass is 19.4. The van der Waals surface area contributed by atoms with Crippen molar-refractivity contribution in [2.45, 2.75) is 37.6 Å². The quantitative estimate of drug-likeness (QED) is 0.459. The molecule has 0 saturated heterocycles. The van der Waals surface area contributed by atoms with Crippen LogP contribution in [0.25, 0.3) is 0 Å². The lowest BCUT2D eigenvalue weighted by molar-refractivity contribution is -0.377. The van der Waals surface area contributed by atoms with Crippen LogP contribution >= 0.6 is 0 Å². The van der Waals surface area contributed by atoms with Gasteiger partial charge in [-0.15, -0.1) is 0 Å². The molecule has 2 rings (SSSR count). The van der Waals surface area contributed by atoms with Gasteiger partial charge in [0.25, 0.3) is 11.6 Å². The summed E-state index contributed by atoms with van der Waals surface area (Å²) in [5.74, 6) is -1.57. The van der Waals surface area contributed by atoms with E-state index in [1.165, 1.54) is 25.3 Å². The lowest BCUT2D eigenvalue weighted by atomic mass is 10.0. The second kappa shape index (κ2) is 7.40. The van der Waals surface area contributed by atoms with Crippen LogP contribution < -0.4 is 0 Å². The van der Waals surface area contributed by atoms with Crippen molar-refractivity contribution in [2.24, 2.45) is 0 Å². The predicted molar refractivity (Wildman–Crippen MR) is 78.6 cm³/mol. The smallest absolute Gasteiger partial charge is 0.443 e. The zero-order valence-corrected chi connectivity index (χ0v) is 13.5. The van der Waals surface area contributed by atoms with E-state index in [0.717, 1.165) is 6.07 Å². The number of benzene rings is 1. The van der Waals surface area contributed by atoms with E-state index in [1.807, 2.05) is 0 Å². The lowest BCUT2D eigenvalue weighted by Crippen LogP contribution is -2.54. The number of esters is 1. The zero-order chi connectivity index (χ0) is 18.7. The maximum Gasteiger partial charge on any atom is 0.443 e. The van der Waals surface area contributed by atoms with Crippen LogP contribution in [0.2, 0.25) is 0 Å². The fourth-order valence-electron chi connectivity index (χ4n) is 2.70. The minimum absolute atomic E-state index is 0.161. The molecule has 0 radical (unpaired) electrons. The second-order valence-electron chi connectivity index (χ2n) is 5.54. The summed E-state index contributed by atoms with van der Waals surface area (Å²) < 4.78 is 50.6. The Labute approximate surface area is 142 Å². The van der Waals surface area contributed by atoms with Gasteiger partial charge in [-0.2, -0.15) is 18.2 Å². The second-order valence-corrected chi connectivity index (χ2v) is 5.54. The van der Waals surface area contributed by atoms with E-state index in [1.54, 1.807) is 0 Å². The molecular formula is C16H18F3NO5. The van der Waals surface area contributed by atoms with Gasteiger partial charge in [-0.3, -0.25) is 14.8 Å². The Kier molecular flexibility index (Phi) is 5.69. The van der Waals surface area contributed by atoms with Crippen molar-refractivity contribution in [2.75, 3.05) is 13.7 Å². The Morgan fingerprint density at radius 3 is 2.56 bits per heavy atom. The van der Waals surface area contributed by atoms with Crippen molar-refractivity contribution < 1.29 is 37.4 Å². The van der Waals surface area contributed by atoms with E-state index in [-0.39, 0.29) is 25.0 Å². The van der Waals surface area contributed by atoms with E-state index in [4.69, 9.17) is 4.74 Å². The maximum atomic E-state index is 13.7. The van der Waals surface area contributed by atoms with E-state index in [9.17, 15) is 28.0 Å². The number of carbonyl (C=O) groups is 2. The number of fused-ring (bicyclic) bond motifs is 1. The maximum absolute atomic E-state index is 13.7. The lowest BCUT2D eigenvalue weighted by Gasteiger charge is -2.36. The Morgan fingerprint density at radius 1 is 1.24 bits per heavy atom. The van der Waals surface area contributed by atoms with E-state index >= 15 is 0 Å². The first-order valence-electron chi connectivity index (χ1n) is 7.66. The van der Waals surface area contributed by atoms with E-state index < -0.39 is 34.4 Å². The summed E-state index contributed by atoms with van der Waals surface area (Å²) in [4.78, 5) is 22.9. The Balaban J connectivity index is 2.10. The first kappa shape index (κ1) is 19.2. The number of amides is 1. The number of carbonyl (C=O) groups excluding carboxylic acids is 2. The van der Waals surface area contributed by atoms with Crippen molar-refractivity contribution in [3.8, 4) is 0 Å². The monoisotopic (exact) mass is 361 g/mol. The number of hydroxylamine groups is 2. The molecule has 1 amide bonds. The molecule has 1 aromatic rings. The molecule has 0 aliphatic carbocycles. The van der Waals surface area contributed by atoms with Gasteiger partial charge in [0, 0.05) is 12.0 Å². The van der Waals surface area contributed by atoms with Gasteiger partial charge in [-0.1, -0.05) is 24.6 Å². The molecule has 0 aromatic heterocycles. The van der Waals surface area contributed by atoms with Gasteiger partial charge in [0.1, 0.15) is 0 Å². The van der Waals surface area contributed by atoms with Crippen molar-refractivity contribution in [1.82, 2.24) is 5.06 Å². The van der Waals surface area contributed by atoms with Crippen LogP contribution in [-0.4, -0.2) is 42.0 Å². The van der Waals surface area contributed by atoms with Crippen LogP contribution in [0.5, 0.6) is 0 Å². The molecule has 1 N–H and O–H groups in total. The summed E-state index contributed by atoms with van der Waals surface area (Å²) in [5, 5.41) is 9.45. The van der Waals surface area contributed by atoms with Crippen molar-refractivity contribution >= 4 is 11.9 Å². The standard InChI is InChI=1S/C16H18F3NO5/c1-24-13(21)9-3-2-6-10-25-15(16(17,18)19)12-8-5-4-7-11(12)14(22)20(15)23/h4-5,7-8,23H,2-3,6,9-10H2,1H3. The molecule has 6 nitrogen and oxygen atoms in total. The van der Waals surface area contributed by atoms with E-state index in [0.29, 0.717) is 12.8 Å². The third kappa shape index (κ3) is 3.47. The number of hydrogen-bond acceptors (Lipinski definition) is 5. The molecule has 9 heteroatoms. The van der Waals surface area contributed by atoms with Crippen LogP contribution in [0.1, 0.15) is 41.6 Å². The van der Waals surface area contributed by atoms with Crippen LogP contribution in [0.4, 0.5) is 13.2 Å². The molecular weight excluding hydrogens is 343 g/mol. The average molecular weight is 361 g/mol. The molecule has 25 heavy (non-hydrogen) atoms. The Morgan fingerprint density at radius 2 is 1.92 bits per heavy atom. The van der Waals surface area contributed by atoms with Crippen LogP contribution in [0.3, 0.4) is 0 Å². The highest BCUT2D eigenvalue weighted by Crippen LogP contribution is 2.49. The number of rotatable bonds is 7. The first-order valence-corrected chi connectivity index (χ1v) is 7.66. The Bertz CT molecular complexity index is 649. The van der Waals surface area contributed by atoms with Gasteiger partial charge in [0.15, 0.2) is 0 Å². The average Bonchev–Trinajstić information content (AvgIpc) is 2.80. The minimum Gasteiger partial charge on any atom is -0.469 e. The number of hydrogen-bond donors (Lipinski definition) is 1. The third-order valence-corrected chi connectivity index (χ3v) is 3.96. The molecule has 1 heterocycles. The summed E-state index contributed by atoms with van der Waals surface area (Å²) in [5.41, 5.74) is -3.92. The van der Waals surface area contributed by atoms with Gasteiger partial charge < -0.3 is 9.47 Å². The SMILES string of the molecule is COC(=O)CCCCCOC1(C(F)(F)F)c2ccccc2C(=O)N1O. The number of unbranched alkanes of at least 4 members (excludes halogenated alkanes) is 2. The fraction of sp³-hybridized carbons (Fsp3) is 0.500. The summed E-state index contributed by atoms with van der Waals surface area (Å²) in [6.45, 7) is -0.348. The summed E-state index contributed by atoms with van der Waals surface area (Å²) in [6.07, 6.45) is -3.78. The van der Waals surface area contributed by atoms with Crippen LogP contribution in [0.15, 0.2) is 24.3 Å². The number of alkyl halides is 3. The number of ether oxygens (including phenoxy) is 2. The molecule has 1 atom stereocenters. The van der Waals surface area contributed by atoms with Gasteiger partial charge in [-0.05, 0) is 18.9 Å². The molecule has 138 valence electrons. The molecule has 0 fully saturated rings. The fourth-order valence-corrected chi connectivity index (χ4v) is 2.70. The van der Waals surface area contributed by atoms with Crippen molar-refractivity contribution in [3.63, 3.8) is 0 Å². The summed E-state index contributed by atoms with van der Waals surface area (Å²) in [7, 11) is 1.25. The first-order chi connectivity index (χ1) is 11.8. The third-order valence-electron chi connectivity index (χ3n) is 3.96. The largest absolute Gasteiger partial charge is 0.469 e. The van der Waals surface area contributed by atoms with Gasteiger partial charge in [0.2, 0.25) is 0 Å². The van der Waals surface area contributed by atoms with Crippen molar-refractivity contribution in [1.29, 1.82) is 0 Å². The minimum atomic E-state index is -5.03. The molecule has 1 aliphatic heterocycles.